The van der Waals surface area contributed by atoms with Crippen LogP contribution in [-0.2, 0) is 9.59 Å². The van der Waals surface area contributed by atoms with Crippen LogP contribution in [0.15, 0.2) is 30.3 Å². The lowest BCUT2D eigenvalue weighted by molar-refractivity contribution is -0.135. The van der Waals surface area contributed by atoms with Gasteiger partial charge in [-0.15, -0.1) is 0 Å². The summed E-state index contributed by atoms with van der Waals surface area (Å²) in [6.45, 7) is 7.81. The van der Waals surface area contributed by atoms with Gasteiger partial charge < -0.3 is 15.0 Å². The van der Waals surface area contributed by atoms with E-state index in [2.05, 4.69) is 24.1 Å². The van der Waals surface area contributed by atoms with Gasteiger partial charge in [0.05, 0.1) is 5.92 Å². The van der Waals surface area contributed by atoms with Gasteiger partial charge in [0.15, 0.2) is 6.61 Å². The molecule has 0 aromatic heterocycles. The molecule has 3 aliphatic heterocycles. The largest absolute Gasteiger partial charge is 0.484 e. The molecule has 0 bridgehead atoms. The molecule has 3 atom stereocenters. The Balaban J connectivity index is 1.33. The fraction of sp³-hybridized carbons (Fsp3) is 0.652. The summed E-state index contributed by atoms with van der Waals surface area (Å²) in [5, 5.41) is 3.35. The first-order valence-electron chi connectivity index (χ1n) is 11.0. The molecule has 3 heterocycles. The maximum atomic E-state index is 12.7. The molecule has 4 rings (SSSR count). The topological polar surface area (TPSA) is 61.9 Å². The van der Waals surface area contributed by atoms with E-state index in [-0.39, 0.29) is 29.9 Å². The summed E-state index contributed by atoms with van der Waals surface area (Å²) in [7, 11) is 0. The third kappa shape index (κ3) is 4.00. The lowest BCUT2D eigenvalue weighted by Crippen LogP contribution is -2.56. The minimum atomic E-state index is -0.139. The fourth-order valence-electron chi connectivity index (χ4n) is 5.45. The van der Waals surface area contributed by atoms with Crippen LogP contribution >= 0.6 is 0 Å². The molecule has 6 heteroatoms. The summed E-state index contributed by atoms with van der Waals surface area (Å²) in [6, 6.07) is 9.98. The van der Waals surface area contributed by atoms with Gasteiger partial charge in [-0.2, -0.15) is 0 Å². The van der Waals surface area contributed by atoms with Gasteiger partial charge in [0.25, 0.3) is 5.91 Å². The van der Waals surface area contributed by atoms with Crippen LogP contribution in [0.1, 0.15) is 39.5 Å². The van der Waals surface area contributed by atoms with E-state index in [0.29, 0.717) is 30.8 Å². The van der Waals surface area contributed by atoms with Crippen LogP contribution < -0.4 is 10.1 Å². The number of carbonyl (C=O) groups is 2. The second-order valence-electron chi connectivity index (χ2n) is 8.93. The predicted molar refractivity (Wildman–Crippen MR) is 112 cm³/mol. The van der Waals surface area contributed by atoms with Crippen LogP contribution in [0.3, 0.4) is 0 Å². The van der Waals surface area contributed by atoms with Crippen LogP contribution in [0.5, 0.6) is 5.75 Å². The van der Waals surface area contributed by atoms with Crippen molar-refractivity contribution < 1.29 is 14.3 Å². The van der Waals surface area contributed by atoms with E-state index in [4.69, 9.17) is 4.74 Å². The number of carbonyl (C=O) groups excluding carboxylic acids is 2. The summed E-state index contributed by atoms with van der Waals surface area (Å²) in [5.41, 5.74) is -0.139. The molecule has 158 valence electrons. The van der Waals surface area contributed by atoms with Crippen LogP contribution in [-0.4, -0.2) is 66.0 Å². The summed E-state index contributed by atoms with van der Waals surface area (Å²) in [5.74, 6) is 1.43. The zero-order valence-corrected chi connectivity index (χ0v) is 17.6. The Morgan fingerprint density at radius 2 is 1.97 bits per heavy atom. The van der Waals surface area contributed by atoms with Gasteiger partial charge >= 0.3 is 0 Å². The number of rotatable bonds is 6. The fourth-order valence-corrected chi connectivity index (χ4v) is 5.45. The number of nitrogens with zero attached hydrogens (tertiary/aromatic N) is 2. The Hall–Kier alpha value is -2.08. The zero-order chi connectivity index (χ0) is 20.4. The number of ether oxygens (including phenoxy) is 1. The van der Waals surface area contributed by atoms with E-state index in [0.717, 1.165) is 25.9 Å². The summed E-state index contributed by atoms with van der Waals surface area (Å²) in [4.78, 5) is 29.7. The number of para-hydroxylation sites is 1. The Morgan fingerprint density at radius 3 is 2.66 bits per heavy atom. The minimum absolute atomic E-state index is 0.0224. The molecular weight excluding hydrogens is 366 g/mol. The monoisotopic (exact) mass is 399 g/mol. The number of benzene rings is 1. The van der Waals surface area contributed by atoms with Crippen molar-refractivity contribution in [2.45, 2.75) is 51.1 Å². The lowest BCUT2D eigenvalue weighted by Gasteiger charge is -2.43. The van der Waals surface area contributed by atoms with Crippen molar-refractivity contribution in [2.24, 2.45) is 11.8 Å². The van der Waals surface area contributed by atoms with Gasteiger partial charge in [-0.25, -0.2) is 0 Å². The molecule has 0 saturated carbocycles. The Kier molecular flexibility index (Phi) is 5.81. The van der Waals surface area contributed by atoms with Crippen molar-refractivity contribution in [2.75, 3.05) is 32.8 Å². The third-order valence-corrected chi connectivity index (χ3v) is 7.21. The number of hydrogen-bond acceptors (Lipinski definition) is 4. The summed E-state index contributed by atoms with van der Waals surface area (Å²) in [6.07, 6.45) is 4.03. The van der Waals surface area contributed by atoms with Crippen molar-refractivity contribution in [3.8, 4) is 5.75 Å². The number of nitrogens with one attached hydrogen (secondary N) is 1. The van der Waals surface area contributed by atoms with Crippen molar-refractivity contribution in [1.82, 2.24) is 15.1 Å². The van der Waals surface area contributed by atoms with Crippen molar-refractivity contribution >= 4 is 11.8 Å². The number of piperidine rings is 1. The normalized spacial score (nSPS) is 27.0. The second kappa shape index (κ2) is 8.34. The first kappa shape index (κ1) is 20.2. The number of fused-ring (bicyclic) bond motifs is 2. The van der Waals surface area contributed by atoms with Crippen molar-refractivity contribution in [3.63, 3.8) is 0 Å². The van der Waals surface area contributed by atoms with E-state index in [1.807, 2.05) is 35.2 Å². The third-order valence-electron chi connectivity index (χ3n) is 7.21. The molecular formula is C23H33N3O3. The van der Waals surface area contributed by atoms with Gasteiger partial charge in [-0.05, 0) is 38.3 Å². The second-order valence-corrected chi connectivity index (χ2v) is 8.93. The molecule has 3 saturated heterocycles. The average molecular weight is 400 g/mol. The van der Waals surface area contributed by atoms with E-state index in [9.17, 15) is 9.59 Å². The highest BCUT2D eigenvalue weighted by molar-refractivity contribution is 5.84. The highest BCUT2D eigenvalue weighted by atomic mass is 16.5. The molecule has 1 unspecified atom stereocenters. The molecule has 29 heavy (non-hydrogen) atoms. The van der Waals surface area contributed by atoms with Gasteiger partial charge in [0.2, 0.25) is 5.91 Å². The quantitative estimate of drug-likeness (QED) is 0.797. The molecule has 3 aliphatic rings. The molecule has 0 aliphatic carbocycles. The van der Waals surface area contributed by atoms with Crippen molar-refractivity contribution in [1.29, 1.82) is 0 Å². The lowest BCUT2D eigenvalue weighted by atomic mass is 9.75. The molecule has 2 amide bonds. The van der Waals surface area contributed by atoms with Gasteiger partial charge in [-0.1, -0.05) is 31.5 Å². The van der Waals surface area contributed by atoms with E-state index in [1.165, 1.54) is 12.8 Å². The molecule has 3 fully saturated rings. The first-order valence-corrected chi connectivity index (χ1v) is 11.0. The van der Waals surface area contributed by atoms with Gasteiger partial charge in [0, 0.05) is 43.7 Å². The summed E-state index contributed by atoms with van der Waals surface area (Å²) < 4.78 is 5.62. The number of amides is 2. The average Bonchev–Trinajstić information content (AvgIpc) is 3.29. The molecule has 1 aromatic rings. The standard InChI is InChI=1S/C23H33N3O3/c1-3-7-17(2)26-14-19-20(15-26)23(24-22(19)28)10-12-25(13-11-23)21(27)16-29-18-8-5-4-6-9-18/h4-6,8-9,17,19-20H,3,7,10-16H2,1-2H3,(H,24,28)/t17?,19-,20+/m1/s1. The highest BCUT2D eigenvalue weighted by Gasteiger charge is 2.57. The maximum Gasteiger partial charge on any atom is 0.260 e. The molecule has 6 nitrogen and oxygen atoms in total. The van der Waals surface area contributed by atoms with Crippen LogP contribution in [0.4, 0.5) is 0 Å². The predicted octanol–water partition coefficient (Wildman–Crippen LogP) is 2.29. The zero-order valence-electron chi connectivity index (χ0n) is 17.6. The van der Waals surface area contributed by atoms with Crippen LogP contribution in [0, 0.1) is 11.8 Å². The molecule has 1 N–H and O–H groups in total. The van der Waals surface area contributed by atoms with Crippen LogP contribution in [0.25, 0.3) is 0 Å². The molecule has 1 aromatic carbocycles. The highest BCUT2D eigenvalue weighted by Crippen LogP contribution is 2.44. The van der Waals surface area contributed by atoms with Crippen LogP contribution in [0.2, 0.25) is 0 Å². The Bertz CT molecular complexity index is 730. The van der Waals surface area contributed by atoms with Gasteiger partial charge in [-0.3, -0.25) is 14.5 Å². The summed E-state index contributed by atoms with van der Waals surface area (Å²) >= 11 is 0. The smallest absolute Gasteiger partial charge is 0.260 e. The number of likely N-dealkylation sites (tertiary alicyclic amines) is 2. The van der Waals surface area contributed by atoms with E-state index in [1.54, 1.807) is 0 Å². The van der Waals surface area contributed by atoms with E-state index >= 15 is 0 Å². The number of hydrogen-bond donors (Lipinski definition) is 1. The molecule has 0 radical (unpaired) electrons. The van der Waals surface area contributed by atoms with Crippen molar-refractivity contribution in [3.05, 3.63) is 30.3 Å². The Morgan fingerprint density at radius 1 is 1.24 bits per heavy atom. The first-order chi connectivity index (χ1) is 14.0. The maximum absolute atomic E-state index is 12.7. The minimum Gasteiger partial charge on any atom is -0.484 e. The molecule has 1 spiro atoms. The SMILES string of the molecule is CCCC(C)N1C[C@H]2C(=O)NC3(CCN(C(=O)COc4ccccc4)CC3)[C@H]2C1. The van der Waals surface area contributed by atoms with Gasteiger partial charge in [0.1, 0.15) is 5.75 Å². The Labute approximate surface area is 173 Å². The van der Waals surface area contributed by atoms with E-state index < -0.39 is 0 Å².